The molecule has 0 radical (unpaired) electrons. The number of rotatable bonds is 9. The number of carbonyl (C=O) groups is 1. The normalized spacial score (nSPS) is 15.3. The van der Waals surface area contributed by atoms with Crippen LogP contribution in [0.5, 0.6) is 0 Å². The molecular formula is C25H33N3O3S2. The number of thioether (sulfide) groups is 1. The van der Waals surface area contributed by atoms with E-state index in [0.717, 1.165) is 36.4 Å². The highest BCUT2D eigenvalue weighted by molar-refractivity contribution is 7.99. The van der Waals surface area contributed by atoms with Gasteiger partial charge in [-0.25, -0.2) is 8.42 Å². The van der Waals surface area contributed by atoms with Gasteiger partial charge in [0.25, 0.3) is 0 Å². The van der Waals surface area contributed by atoms with Crippen molar-refractivity contribution < 1.29 is 13.2 Å². The molecule has 178 valence electrons. The van der Waals surface area contributed by atoms with Gasteiger partial charge in [-0.1, -0.05) is 38.1 Å². The fourth-order valence-electron chi connectivity index (χ4n) is 3.73. The number of carbonyl (C=O) groups excluding carboxylic acids is 1. The maximum absolute atomic E-state index is 12.6. The lowest BCUT2D eigenvalue weighted by molar-refractivity contribution is -0.111. The molecule has 1 saturated heterocycles. The Labute approximate surface area is 202 Å². The fraction of sp³-hybridized carbons (Fsp3) is 0.400. The molecule has 3 rings (SSSR count). The summed E-state index contributed by atoms with van der Waals surface area (Å²) in [7, 11) is -3.48. The van der Waals surface area contributed by atoms with E-state index in [2.05, 4.69) is 22.3 Å². The van der Waals surface area contributed by atoms with E-state index in [-0.39, 0.29) is 10.8 Å². The predicted octanol–water partition coefficient (Wildman–Crippen LogP) is 4.23. The summed E-state index contributed by atoms with van der Waals surface area (Å²) in [6.07, 6.45) is 3.16. The highest BCUT2D eigenvalue weighted by Crippen LogP contribution is 2.20. The van der Waals surface area contributed by atoms with Crippen molar-refractivity contribution in [3.8, 4) is 0 Å². The molecule has 1 amide bonds. The average molecular weight is 488 g/mol. The first-order valence-corrected chi connectivity index (χ1v) is 13.9. The average Bonchev–Trinajstić information content (AvgIpc) is 2.81. The van der Waals surface area contributed by atoms with Crippen LogP contribution in [0, 0.1) is 6.92 Å². The Morgan fingerprint density at radius 2 is 1.76 bits per heavy atom. The van der Waals surface area contributed by atoms with Crippen molar-refractivity contribution in [3.05, 3.63) is 65.2 Å². The van der Waals surface area contributed by atoms with Crippen LogP contribution in [0.1, 0.15) is 30.5 Å². The summed E-state index contributed by atoms with van der Waals surface area (Å²) >= 11 is 1.99. The highest BCUT2D eigenvalue weighted by Gasteiger charge is 2.21. The van der Waals surface area contributed by atoms with Crippen molar-refractivity contribution in [3.63, 3.8) is 0 Å². The summed E-state index contributed by atoms with van der Waals surface area (Å²) in [5, 5.41) is 2.97. The molecule has 0 aromatic heterocycles. The minimum absolute atomic E-state index is 0.218. The summed E-state index contributed by atoms with van der Waals surface area (Å²) in [5.41, 5.74) is 3.78. The van der Waals surface area contributed by atoms with E-state index in [1.807, 2.05) is 38.6 Å². The highest BCUT2D eigenvalue weighted by atomic mass is 32.2. The second-order valence-electron chi connectivity index (χ2n) is 8.02. The number of hydrogen-bond donors (Lipinski definition) is 1. The van der Waals surface area contributed by atoms with E-state index in [4.69, 9.17) is 0 Å². The molecule has 1 heterocycles. The van der Waals surface area contributed by atoms with E-state index in [9.17, 15) is 13.2 Å². The first-order chi connectivity index (χ1) is 15.8. The van der Waals surface area contributed by atoms with Crippen molar-refractivity contribution >= 4 is 39.5 Å². The van der Waals surface area contributed by atoms with Gasteiger partial charge in [0, 0.05) is 56.0 Å². The number of nitrogens with one attached hydrogen (secondary N) is 1. The van der Waals surface area contributed by atoms with E-state index in [1.54, 1.807) is 30.3 Å². The Balaban J connectivity index is 1.63. The van der Waals surface area contributed by atoms with Gasteiger partial charge in [0.2, 0.25) is 15.9 Å². The van der Waals surface area contributed by atoms with Crippen LogP contribution in [-0.4, -0.2) is 61.2 Å². The number of benzene rings is 2. The zero-order valence-electron chi connectivity index (χ0n) is 19.6. The zero-order valence-corrected chi connectivity index (χ0v) is 21.2. The van der Waals surface area contributed by atoms with Crippen LogP contribution in [0.2, 0.25) is 0 Å². The van der Waals surface area contributed by atoms with Gasteiger partial charge in [0.15, 0.2) is 0 Å². The van der Waals surface area contributed by atoms with Gasteiger partial charge in [0.05, 0.1) is 4.90 Å². The predicted molar refractivity (Wildman–Crippen MR) is 138 cm³/mol. The maximum Gasteiger partial charge on any atom is 0.248 e. The molecule has 8 heteroatoms. The van der Waals surface area contributed by atoms with Gasteiger partial charge in [-0.15, -0.1) is 0 Å². The summed E-state index contributed by atoms with van der Waals surface area (Å²) in [6.45, 7) is 9.56. The molecule has 6 nitrogen and oxygen atoms in total. The molecule has 0 unspecified atom stereocenters. The summed E-state index contributed by atoms with van der Waals surface area (Å²) in [6, 6.07) is 12.8. The quantitative estimate of drug-likeness (QED) is 0.536. The Hall–Kier alpha value is -2.13. The Kier molecular flexibility index (Phi) is 9.14. The van der Waals surface area contributed by atoms with Crippen molar-refractivity contribution in [1.82, 2.24) is 9.21 Å². The first-order valence-electron chi connectivity index (χ1n) is 11.3. The molecule has 1 aliphatic heterocycles. The summed E-state index contributed by atoms with van der Waals surface area (Å²) < 4.78 is 26.6. The van der Waals surface area contributed by atoms with Crippen LogP contribution in [0.3, 0.4) is 0 Å². The van der Waals surface area contributed by atoms with Crippen molar-refractivity contribution in [1.29, 1.82) is 0 Å². The zero-order chi connectivity index (χ0) is 23.8. The van der Waals surface area contributed by atoms with Gasteiger partial charge in [0.1, 0.15) is 0 Å². The lowest BCUT2D eigenvalue weighted by Gasteiger charge is -2.26. The smallest absolute Gasteiger partial charge is 0.248 e. The third-order valence-corrected chi connectivity index (χ3v) is 8.73. The second-order valence-corrected chi connectivity index (χ2v) is 11.2. The number of sulfonamides is 1. The van der Waals surface area contributed by atoms with Crippen LogP contribution in [-0.2, 0) is 21.4 Å². The maximum atomic E-state index is 12.6. The van der Waals surface area contributed by atoms with Crippen LogP contribution in [0.15, 0.2) is 53.4 Å². The first kappa shape index (κ1) is 25.5. The van der Waals surface area contributed by atoms with Gasteiger partial charge >= 0.3 is 0 Å². The van der Waals surface area contributed by atoms with Crippen molar-refractivity contribution in [2.24, 2.45) is 0 Å². The fourth-order valence-corrected chi connectivity index (χ4v) is 6.17. The molecule has 0 bridgehead atoms. The Morgan fingerprint density at radius 3 is 2.39 bits per heavy atom. The number of nitrogens with zero attached hydrogens (tertiary/aromatic N) is 2. The van der Waals surface area contributed by atoms with Crippen molar-refractivity contribution in [2.45, 2.75) is 32.2 Å². The molecule has 0 spiro atoms. The molecule has 2 aromatic carbocycles. The van der Waals surface area contributed by atoms with Crippen LogP contribution < -0.4 is 5.32 Å². The number of aryl methyl sites for hydroxylation is 1. The molecule has 0 aliphatic carbocycles. The third kappa shape index (κ3) is 6.93. The van der Waals surface area contributed by atoms with E-state index in [0.29, 0.717) is 13.1 Å². The molecule has 0 saturated carbocycles. The molecule has 1 aliphatic rings. The molecule has 0 atom stereocenters. The molecule has 1 N–H and O–H groups in total. The SMILES string of the molecule is CCN(CC)S(=O)(=O)c1ccc(/C=C/C(=O)Nc2cc(CN3CCSCC3)ccc2C)cc1. The topological polar surface area (TPSA) is 69.7 Å². The Bertz CT molecular complexity index is 1070. The minimum atomic E-state index is -3.48. The van der Waals surface area contributed by atoms with Gasteiger partial charge < -0.3 is 5.32 Å². The molecule has 2 aromatic rings. The largest absolute Gasteiger partial charge is 0.322 e. The van der Waals surface area contributed by atoms with Gasteiger partial charge in [-0.05, 0) is 47.9 Å². The van der Waals surface area contributed by atoms with Crippen LogP contribution in [0.25, 0.3) is 6.08 Å². The van der Waals surface area contributed by atoms with E-state index in [1.165, 1.54) is 27.5 Å². The summed E-state index contributed by atoms with van der Waals surface area (Å²) in [5.74, 6) is 2.12. The standard InChI is InChI=1S/C25H33N3O3S2/c1-4-28(5-2)33(30,31)23-11-8-21(9-12-23)10-13-25(29)26-24-18-22(7-6-20(24)3)19-27-14-16-32-17-15-27/h6-13,18H,4-5,14-17,19H2,1-3H3,(H,26,29)/b13-10+. The number of hydrogen-bond acceptors (Lipinski definition) is 5. The lowest BCUT2D eigenvalue weighted by atomic mass is 10.1. The third-order valence-electron chi connectivity index (χ3n) is 5.72. The monoisotopic (exact) mass is 487 g/mol. The van der Waals surface area contributed by atoms with Gasteiger partial charge in [-0.2, -0.15) is 16.1 Å². The molecular weight excluding hydrogens is 454 g/mol. The second kappa shape index (κ2) is 11.8. The van der Waals surface area contributed by atoms with Gasteiger partial charge in [-0.3, -0.25) is 9.69 Å². The van der Waals surface area contributed by atoms with E-state index < -0.39 is 10.0 Å². The molecule has 1 fully saturated rings. The molecule has 33 heavy (non-hydrogen) atoms. The lowest BCUT2D eigenvalue weighted by Crippen LogP contribution is -2.31. The van der Waals surface area contributed by atoms with Crippen molar-refractivity contribution in [2.75, 3.05) is 43.0 Å². The van der Waals surface area contributed by atoms with Crippen LogP contribution in [0.4, 0.5) is 5.69 Å². The van der Waals surface area contributed by atoms with Crippen LogP contribution >= 0.6 is 11.8 Å². The Morgan fingerprint density at radius 1 is 1.09 bits per heavy atom. The summed E-state index contributed by atoms with van der Waals surface area (Å²) in [4.78, 5) is 15.2. The minimum Gasteiger partial charge on any atom is -0.322 e. The number of amides is 1. The van der Waals surface area contributed by atoms with E-state index >= 15 is 0 Å². The number of anilines is 1.